The second kappa shape index (κ2) is 10.6. The summed E-state index contributed by atoms with van der Waals surface area (Å²) in [5, 5.41) is 17.1. The Balaban J connectivity index is 1.35. The first kappa shape index (κ1) is 23.6. The fraction of sp³-hybridized carbons (Fsp3) is 0.296. The van der Waals surface area contributed by atoms with Crippen LogP contribution in [0.1, 0.15) is 18.4 Å². The number of benzene rings is 2. The van der Waals surface area contributed by atoms with Crippen molar-refractivity contribution in [3.05, 3.63) is 60.3 Å². The molecular formula is C27H26FN5O3. The standard InChI is InChI=1S/C27H26FN5O3/c28-8-11-31-27(34)33-12-7-20-14-22(2-3-24(20)33)36-26-4-1-19-13-21(16-29)25(15-23(19)32-26)35-17-18-5-9-30-10-6-18/h1-4,7,12-15,18,30H,5-6,8-11,17H2,(H,31,34). The zero-order valence-electron chi connectivity index (χ0n) is 19.7. The van der Waals surface area contributed by atoms with Gasteiger partial charge >= 0.3 is 6.03 Å². The van der Waals surface area contributed by atoms with E-state index in [1.54, 1.807) is 42.6 Å². The normalized spacial score (nSPS) is 14.0. The summed E-state index contributed by atoms with van der Waals surface area (Å²) in [7, 11) is 0. The first-order valence-electron chi connectivity index (χ1n) is 12.0. The molecule has 0 atom stereocenters. The second-order valence-electron chi connectivity index (χ2n) is 8.74. The Kier molecular flexibility index (Phi) is 6.96. The fourth-order valence-corrected chi connectivity index (χ4v) is 4.37. The number of aromatic nitrogens is 2. The number of pyridine rings is 1. The Morgan fingerprint density at radius 3 is 2.83 bits per heavy atom. The summed E-state index contributed by atoms with van der Waals surface area (Å²) in [5.74, 6) is 1.96. The lowest BCUT2D eigenvalue weighted by molar-refractivity contribution is 0.215. The lowest BCUT2D eigenvalue weighted by atomic mass is 9.99. The molecule has 184 valence electrons. The van der Waals surface area contributed by atoms with Gasteiger partial charge in [-0.3, -0.25) is 4.57 Å². The molecule has 0 bridgehead atoms. The van der Waals surface area contributed by atoms with Gasteiger partial charge in [0, 0.05) is 35.6 Å². The average molecular weight is 488 g/mol. The monoisotopic (exact) mass is 487 g/mol. The molecule has 0 spiro atoms. The highest BCUT2D eigenvalue weighted by atomic mass is 19.1. The van der Waals surface area contributed by atoms with E-state index in [1.165, 1.54) is 4.57 Å². The van der Waals surface area contributed by atoms with Crippen LogP contribution in [0.2, 0.25) is 0 Å². The molecule has 1 saturated heterocycles. The second-order valence-corrected chi connectivity index (χ2v) is 8.74. The summed E-state index contributed by atoms with van der Waals surface area (Å²) in [6.45, 7) is 1.90. The smallest absolute Gasteiger partial charge is 0.326 e. The van der Waals surface area contributed by atoms with Crippen LogP contribution < -0.4 is 20.1 Å². The number of nitrogens with one attached hydrogen (secondary N) is 2. The van der Waals surface area contributed by atoms with Crippen LogP contribution in [0, 0.1) is 17.2 Å². The summed E-state index contributed by atoms with van der Waals surface area (Å²) in [6, 6.07) is 16.1. The third-order valence-electron chi connectivity index (χ3n) is 6.29. The predicted octanol–water partition coefficient (Wildman–Crippen LogP) is 4.76. The summed E-state index contributed by atoms with van der Waals surface area (Å²) in [4.78, 5) is 16.8. The zero-order valence-corrected chi connectivity index (χ0v) is 19.7. The van der Waals surface area contributed by atoms with Gasteiger partial charge in [0.15, 0.2) is 0 Å². The van der Waals surface area contributed by atoms with Gasteiger partial charge in [-0.05, 0) is 68.2 Å². The molecule has 1 aliphatic rings. The van der Waals surface area contributed by atoms with E-state index in [2.05, 4.69) is 21.7 Å². The number of hydrogen-bond donors (Lipinski definition) is 2. The van der Waals surface area contributed by atoms with E-state index in [0.717, 1.165) is 36.7 Å². The van der Waals surface area contributed by atoms with Gasteiger partial charge in [0.2, 0.25) is 5.88 Å². The SMILES string of the molecule is N#Cc1cc2ccc(Oc3ccc4c(ccn4C(=O)NCCF)c3)nc2cc1OCC1CCNCC1. The minimum Gasteiger partial charge on any atom is -0.492 e. The van der Waals surface area contributed by atoms with E-state index < -0.39 is 6.67 Å². The molecule has 0 saturated carbocycles. The Labute approximate surface area is 207 Å². The maximum absolute atomic E-state index is 12.4. The van der Waals surface area contributed by atoms with E-state index >= 15 is 0 Å². The summed E-state index contributed by atoms with van der Waals surface area (Å²) < 4.78 is 25.8. The largest absolute Gasteiger partial charge is 0.492 e. The van der Waals surface area contributed by atoms with Crippen molar-refractivity contribution >= 4 is 27.8 Å². The van der Waals surface area contributed by atoms with Crippen molar-refractivity contribution in [3.8, 4) is 23.4 Å². The highest BCUT2D eigenvalue weighted by Crippen LogP contribution is 2.30. The number of rotatable bonds is 7. The number of halogens is 1. The van der Waals surface area contributed by atoms with E-state index in [0.29, 0.717) is 46.5 Å². The molecule has 0 unspecified atom stereocenters. The number of hydrogen-bond acceptors (Lipinski definition) is 6. The van der Waals surface area contributed by atoms with Gasteiger partial charge in [-0.15, -0.1) is 0 Å². The molecule has 0 aliphatic carbocycles. The summed E-state index contributed by atoms with van der Waals surface area (Å²) in [6.07, 6.45) is 3.75. The average Bonchev–Trinajstić information content (AvgIpc) is 3.34. The van der Waals surface area contributed by atoms with Crippen LogP contribution in [-0.4, -0.2) is 48.5 Å². The van der Waals surface area contributed by atoms with Crippen molar-refractivity contribution in [3.63, 3.8) is 0 Å². The summed E-state index contributed by atoms with van der Waals surface area (Å²) in [5.41, 5.74) is 1.84. The lowest BCUT2D eigenvalue weighted by Gasteiger charge is -2.23. The van der Waals surface area contributed by atoms with Crippen LogP contribution in [0.3, 0.4) is 0 Å². The number of carbonyl (C=O) groups excluding carboxylic acids is 1. The van der Waals surface area contributed by atoms with Gasteiger partial charge in [-0.1, -0.05) is 0 Å². The molecule has 2 N–H and O–H groups in total. The van der Waals surface area contributed by atoms with E-state index in [1.807, 2.05) is 12.1 Å². The fourth-order valence-electron chi connectivity index (χ4n) is 4.37. The minimum absolute atomic E-state index is 0.0337. The number of nitriles is 1. The van der Waals surface area contributed by atoms with Crippen molar-refractivity contribution in [2.24, 2.45) is 5.92 Å². The number of amides is 1. The van der Waals surface area contributed by atoms with Gasteiger partial charge in [0.05, 0.1) is 23.2 Å². The molecule has 4 aromatic rings. The van der Waals surface area contributed by atoms with Crippen molar-refractivity contribution < 1.29 is 18.7 Å². The number of piperidine rings is 1. The van der Waals surface area contributed by atoms with Crippen molar-refractivity contribution in [1.82, 2.24) is 20.2 Å². The third-order valence-corrected chi connectivity index (χ3v) is 6.29. The zero-order chi connectivity index (χ0) is 24.9. The Morgan fingerprint density at radius 1 is 1.17 bits per heavy atom. The number of alkyl halides is 1. The van der Waals surface area contributed by atoms with Crippen LogP contribution >= 0.6 is 0 Å². The van der Waals surface area contributed by atoms with Crippen molar-refractivity contribution in [2.45, 2.75) is 12.8 Å². The van der Waals surface area contributed by atoms with Crippen LogP contribution in [0.4, 0.5) is 9.18 Å². The van der Waals surface area contributed by atoms with E-state index in [9.17, 15) is 14.4 Å². The number of carbonyl (C=O) groups is 1. The third kappa shape index (κ3) is 5.09. The highest BCUT2D eigenvalue weighted by molar-refractivity contribution is 5.92. The minimum atomic E-state index is -0.620. The Bertz CT molecular complexity index is 1440. The first-order chi connectivity index (χ1) is 17.6. The molecule has 2 aromatic carbocycles. The molecule has 1 amide bonds. The molecule has 36 heavy (non-hydrogen) atoms. The first-order valence-corrected chi connectivity index (χ1v) is 12.0. The van der Waals surface area contributed by atoms with Gasteiger partial charge in [-0.25, -0.2) is 14.2 Å². The van der Waals surface area contributed by atoms with E-state index in [4.69, 9.17) is 9.47 Å². The quantitative estimate of drug-likeness (QED) is 0.390. The molecule has 5 rings (SSSR count). The van der Waals surface area contributed by atoms with Gasteiger partial charge in [0.1, 0.15) is 24.2 Å². The van der Waals surface area contributed by atoms with Crippen LogP contribution in [0.25, 0.3) is 21.8 Å². The van der Waals surface area contributed by atoms with Gasteiger partial charge < -0.3 is 20.1 Å². The maximum Gasteiger partial charge on any atom is 0.326 e. The molecule has 3 heterocycles. The van der Waals surface area contributed by atoms with Crippen LogP contribution in [-0.2, 0) is 0 Å². The van der Waals surface area contributed by atoms with Crippen molar-refractivity contribution in [1.29, 1.82) is 5.26 Å². The lowest BCUT2D eigenvalue weighted by Crippen LogP contribution is -2.30. The molecule has 1 fully saturated rings. The summed E-state index contributed by atoms with van der Waals surface area (Å²) >= 11 is 0. The number of nitrogens with zero attached hydrogens (tertiary/aromatic N) is 3. The van der Waals surface area contributed by atoms with Crippen molar-refractivity contribution in [2.75, 3.05) is 32.9 Å². The maximum atomic E-state index is 12.4. The molecular weight excluding hydrogens is 461 g/mol. The van der Waals surface area contributed by atoms with E-state index in [-0.39, 0.29) is 12.6 Å². The number of fused-ring (bicyclic) bond motifs is 2. The van der Waals surface area contributed by atoms with Gasteiger partial charge in [-0.2, -0.15) is 5.26 Å². The molecule has 1 aliphatic heterocycles. The predicted molar refractivity (Wildman–Crippen MR) is 134 cm³/mol. The molecule has 9 heteroatoms. The molecule has 8 nitrogen and oxygen atoms in total. The number of ether oxygens (including phenoxy) is 2. The Morgan fingerprint density at radius 2 is 2.03 bits per heavy atom. The topological polar surface area (TPSA) is 101 Å². The van der Waals surface area contributed by atoms with Gasteiger partial charge in [0.25, 0.3) is 0 Å². The highest BCUT2D eigenvalue weighted by Gasteiger charge is 2.16. The molecule has 2 aromatic heterocycles. The van der Waals surface area contributed by atoms with Crippen LogP contribution in [0.15, 0.2) is 54.7 Å². The van der Waals surface area contributed by atoms with Crippen LogP contribution in [0.5, 0.6) is 17.4 Å². The molecule has 0 radical (unpaired) electrons. The Hall–Kier alpha value is -4.16.